The zero-order chi connectivity index (χ0) is 39.7. The molecular formula is C46H54BCl2N2O2Zr. The Balaban J connectivity index is 1.74. The van der Waals surface area contributed by atoms with Crippen LogP contribution in [0.1, 0.15) is 104 Å². The molecule has 4 nitrogen and oxygen atoms in total. The summed E-state index contributed by atoms with van der Waals surface area (Å²) in [6.45, 7) is 26.3. The Kier molecular flexibility index (Phi) is 10.6. The Bertz CT molecular complexity index is 2120. The van der Waals surface area contributed by atoms with Crippen molar-refractivity contribution in [2.75, 3.05) is 0 Å². The Morgan fingerprint density at radius 2 is 0.926 bits per heavy atom. The number of carbonyl (C=O) groups excluding carboxylic acids is 2. The van der Waals surface area contributed by atoms with Gasteiger partial charge in [-0.15, -0.1) is 0 Å². The molecular weight excluding hydrogens is 785 g/mol. The minimum absolute atomic E-state index is 0.365. The van der Waals surface area contributed by atoms with Crippen molar-refractivity contribution in [2.24, 2.45) is 10.8 Å². The fourth-order valence-electron chi connectivity index (χ4n) is 9.26. The average molecular weight is 840 g/mol. The summed E-state index contributed by atoms with van der Waals surface area (Å²) in [6, 6.07) is 21.7. The van der Waals surface area contributed by atoms with Crippen LogP contribution < -0.4 is 10.5 Å². The minimum atomic E-state index is -6.02. The number of hydrogen-bond donors (Lipinski definition) is 2. The molecule has 4 aromatic carbocycles. The van der Waals surface area contributed by atoms with Gasteiger partial charge in [-0.25, -0.2) is 0 Å². The number of hydrogen-bond acceptors (Lipinski definition) is 2. The van der Waals surface area contributed by atoms with E-state index in [0.717, 1.165) is 44.5 Å². The molecule has 2 amide bonds. The van der Waals surface area contributed by atoms with Crippen LogP contribution in [0.3, 0.4) is 0 Å². The van der Waals surface area contributed by atoms with Crippen molar-refractivity contribution in [3.05, 3.63) is 127 Å². The summed E-state index contributed by atoms with van der Waals surface area (Å²) in [7, 11) is 17.6. The zero-order valence-electron chi connectivity index (χ0n) is 33.9. The number of aryl methyl sites for hydroxylation is 2. The van der Waals surface area contributed by atoms with E-state index in [4.69, 9.17) is 17.0 Å². The predicted octanol–water partition coefficient (Wildman–Crippen LogP) is 12.0. The van der Waals surface area contributed by atoms with Gasteiger partial charge >= 0.3 is 334 Å². The second-order valence-electron chi connectivity index (χ2n) is 17.8. The molecule has 0 aromatic heterocycles. The van der Waals surface area contributed by atoms with Crippen LogP contribution in [0.4, 0.5) is 0 Å². The zero-order valence-corrected chi connectivity index (χ0v) is 37.9. The summed E-state index contributed by atoms with van der Waals surface area (Å²) in [5.41, 5.74) is 17.8. The molecule has 2 atom stereocenters. The quantitative estimate of drug-likeness (QED) is 0.130. The van der Waals surface area contributed by atoms with Gasteiger partial charge in [0.25, 0.3) is 0 Å². The van der Waals surface area contributed by atoms with E-state index in [2.05, 4.69) is 166 Å². The molecule has 0 fully saturated rings. The maximum absolute atomic E-state index is 12.6. The normalized spacial score (nSPS) is 17.5. The summed E-state index contributed by atoms with van der Waals surface area (Å²) in [4.78, 5) is 25.3. The molecule has 6 rings (SSSR count). The van der Waals surface area contributed by atoms with Gasteiger partial charge in [0.2, 0.25) is 0 Å². The Labute approximate surface area is 331 Å². The molecule has 2 N–H and O–H groups in total. The van der Waals surface area contributed by atoms with Crippen LogP contribution in [-0.4, -0.2) is 17.3 Å². The first-order valence-corrected chi connectivity index (χ1v) is 29.6. The van der Waals surface area contributed by atoms with E-state index in [1.165, 1.54) is 44.5 Å². The van der Waals surface area contributed by atoms with E-state index in [1.54, 1.807) is 0 Å². The first-order chi connectivity index (χ1) is 25.2. The van der Waals surface area contributed by atoms with Crippen LogP contribution in [0.5, 0.6) is 0 Å². The molecule has 281 valence electrons. The van der Waals surface area contributed by atoms with E-state index < -0.39 is 27.9 Å². The van der Waals surface area contributed by atoms with Crippen LogP contribution in [0.2, 0.25) is 0 Å². The number of halogens is 2. The van der Waals surface area contributed by atoms with Gasteiger partial charge in [-0.05, 0) is 0 Å². The standard InChI is InChI=1S/2C22H25.C2H3BN2O2.2ClH.Zr/c2*1-14-10-11-19(16(3)15(14)2)20-9-7-8-17-12-18(13-21(17)20)22(4,5)6;6-1-4-3-5-2-7;;;/h2*7-13H,1-6H3;1-2H,(H-,4,5,6,7);2*1H;/q;;;;;+1/p-1. The second kappa shape index (κ2) is 14.1. The third kappa shape index (κ3) is 6.33. The molecule has 2 unspecified atom stereocenters. The number of carbonyl (C=O) groups is 2. The van der Waals surface area contributed by atoms with Crippen LogP contribution in [0.25, 0.3) is 34.4 Å². The monoisotopic (exact) mass is 837 g/mol. The van der Waals surface area contributed by atoms with Crippen molar-refractivity contribution in [3.63, 3.8) is 0 Å². The van der Waals surface area contributed by atoms with Crippen molar-refractivity contribution in [3.8, 4) is 22.3 Å². The predicted molar refractivity (Wildman–Crippen MR) is 228 cm³/mol. The van der Waals surface area contributed by atoms with Crippen molar-refractivity contribution >= 4 is 46.5 Å². The molecule has 0 radical (unpaired) electrons. The number of rotatable bonds is 9. The first-order valence-electron chi connectivity index (χ1n) is 19.0. The van der Waals surface area contributed by atoms with Crippen molar-refractivity contribution in [2.45, 2.75) is 90.3 Å². The van der Waals surface area contributed by atoms with Crippen LogP contribution in [0, 0.1) is 52.4 Å². The molecule has 0 spiro atoms. The average Bonchev–Trinajstić information content (AvgIpc) is 3.72. The molecule has 0 saturated heterocycles. The summed E-state index contributed by atoms with van der Waals surface area (Å²) in [5.74, 6) is 0. The van der Waals surface area contributed by atoms with Gasteiger partial charge in [-0.1, -0.05) is 0 Å². The Hall–Kier alpha value is -3.17. The third-order valence-electron chi connectivity index (χ3n) is 12.7. The van der Waals surface area contributed by atoms with Crippen LogP contribution in [0.15, 0.2) is 71.8 Å². The SMILES string of the molecule is Cc1ccc(-c2cccc3c2C=C(C(C)(C)C)[CH]3[Zr]([Cl])([Cl])([B](NC=O)NC=O)[CH]2C(C(C)(C)C)=Cc3c(-c4ccc(C)c(C)c4C)cccc32)c(C)c1C. The molecule has 0 bridgehead atoms. The van der Waals surface area contributed by atoms with Gasteiger partial charge in [-0.3, -0.25) is 0 Å². The summed E-state index contributed by atoms with van der Waals surface area (Å²) in [5, 5.41) is 6.03. The number of nitrogens with one attached hydrogen (secondary N) is 2. The van der Waals surface area contributed by atoms with Crippen LogP contribution >= 0.6 is 17.0 Å². The van der Waals surface area contributed by atoms with Gasteiger partial charge in [-0.2, -0.15) is 0 Å². The van der Waals surface area contributed by atoms with E-state index in [0.29, 0.717) is 12.8 Å². The van der Waals surface area contributed by atoms with Gasteiger partial charge < -0.3 is 0 Å². The summed E-state index contributed by atoms with van der Waals surface area (Å²) >= 11 is -6.02. The third-order valence-corrected chi connectivity index (χ3v) is 32.4. The number of benzene rings is 4. The topological polar surface area (TPSA) is 58.2 Å². The molecule has 4 aromatic rings. The van der Waals surface area contributed by atoms with Crippen molar-refractivity contribution in [1.82, 2.24) is 10.5 Å². The molecule has 54 heavy (non-hydrogen) atoms. The molecule has 0 aliphatic heterocycles. The van der Waals surface area contributed by atoms with Gasteiger partial charge in [0, 0.05) is 0 Å². The van der Waals surface area contributed by atoms with E-state index in [9.17, 15) is 9.59 Å². The Morgan fingerprint density at radius 1 is 0.556 bits per heavy atom. The van der Waals surface area contributed by atoms with Gasteiger partial charge in [0.15, 0.2) is 0 Å². The van der Waals surface area contributed by atoms with E-state index in [-0.39, 0.29) is 10.8 Å². The summed E-state index contributed by atoms with van der Waals surface area (Å²) in [6.07, 6.45) is 5.89. The maximum atomic E-state index is 12.6. The van der Waals surface area contributed by atoms with E-state index in [1.807, 2.05) is 0 Å². The molecule has 0 saturated carbocycles. The van der Waals surface area contributed by atoms with Gasteiger partial charge in [0.1, 0.15) is 0 Å². The number of fused-ring (bicyclic) bond motifs is 2. The Morgan fingerprint density at radius 3 is 1.26 bits per heavy atom. The number of allylic oxidation sites excluding steroid dienone is 2. The number of amides is 2. The fourth-order valence-corrected chi connectivity index (χ4v) is 30.3. The molecule has 8 heteroatoms. The summed E-state index contributed by atoms with van der Waals surface area (Å²) < 4.78 is -1.92. The van der Waals surface area contributed by atoms with Crippen molar-refractivity contribution in [1.29, 1.82) is 0 Å². The molecule has 2 aliphatic rings. The second-order valence-corrected chi connectivity index (χ2v) is 39.2. The first kappa shape index (κ1) is 40.5. The molecule has 0 heterocycles. The van der Waals surface area contributed by atoms with Crippen molar-refractivity contribution < 1.29 is 25.8 Å². The fraction of sp³-hybridized carbons (Fsp3) is 0.348. The van der Waals surface area contributed by atoms with E-state index >= 15 is 0 Å². The molecule has 2 aliphatic carbocycles. The van der Waals surface area contributed by atoms with Gasteiger partial charge in [0.05, 0.1) is 0 Å². The van der Waals surface area contributed by atoms with Crippen LogP contribution in [-0.2, 0) is 25.8 Å².